The molecule has 0 radical (unpaired) electrons. The Labute approximate surface area is 110 Å². The van der Waals surface area contributed by atoms with Crippen LogP contribution >= 0.6 is 28.3 Å². The van der Waals surface area contributed by atoms with Crippen molar-refractivity contribution in [2.45, 2.75) is 19.0 Å². The third-order valence-corrected chi connectivity index (χ3v) is 3.05. The van der Waals surface area contributed by atoms with Crippen LogP contribution in [-0.2, 0) is 11.3 Å². The van der Waals surface area contributed by atoms with Crippen LogP contribution in [0.4, 0.5) is 0 Å². The summed E-state index contributed by atoms with van der Waals surface area (Å²) >= 11 is 3.37. The quantitative estimate of drug-likeness (QED) is 0.895. The normalized spacial score (nSPS) is 18.2. The molecule has 16 heavy (non-hydrogen) atoms. The molecule has 2 N–H and O–H groups in total. The highest BCUT2D eigenvalue weighted by molar-refractivity contribution is 9.10. The number of nitrogens with one attached hydrogen (secondary N) is 2. The highest BCUT2D eigenvalue weighted by Crippen LogP contribution is 2.10. The lowest BCUT2D eigenvalue weighted by Gasteiger charge is -2.26. The number of amides is 1. The number of rotatable bonds is 3. The van der Waals surface area contributed by atoms with E-state index < -0.39 is 0 Å². The number of halogens is 2. The average Bonchev–Trinajstić information content (AvgIpc) is 2.14. The average molecular weight is 306 g/mol. The Bertz CT molecular complexity index is 352. The van der Waals surface area contributed by atoms with Crippen LogP contribution in [0.15, 0.2) is 28.7 Å². The zero-order valence-electron chi connectivity index (χ0n) is 8.70. The van der Waals surface area contributed by atoms with Gasteiger partial charge >= 0.3 is 0 Å². The number of hydrogen-bond acceptors (Lipinski definition) is 2. The van der Waals surface area contributed by atoms with Crippen molar-refractivity contribution in [1.82, 2.24) is 10.6 Å². The molecular weight excluding hydrogens is 291 g/mol. The molecular formula is C11H14BrClN2O. The van der Waals surface area contributed by atoms with Crippen molar-refractivity contribution in [3.8, 4) is 0 Å². The second-order valence-electron chi connectivity index (χ2n) is 3.64. The first kappa shape index (κ1) is 13.5. The van der Waals surface area contributed by atoms with Crippen LogP contribution in [0.5, 0.6) is 0 Å². The first-order valence-electron chi connectivity index (χ1n) is 5.01. The molecule has 1 aliphatic rings. The van der Waals surface area contributed by atoms with Crippen LogP contribution in [0, 0.1) is 0 Å². The van der Waals surface area contributed by atoms with Crippen LogP contribution in [0.3, 0.4) is 0 Å². The molecule has 1 aliphatic heterocycles. The number of carbonyl (C=O) groups excluding carboxylic acids is 1. The van der Waals surface area contributed by atoms with E-state index in [1.54, 1.807) is 0 Å². The predicted molar refractivity (Wildman–Crippen MR) is 69.6 cm³/mol. The van der Waals surface area contributed by atoms with Gasteiger partial charge in [0, 0.05) is 11.0 Å². The Hall–Kier alpha value is -0.580. The third-order valence-electron chi connectivity index (χ3n) is 2.52. The first-order valence-corrected chi connectivity index (χ1v) is 5.80. The number of carbonyl (C=O) groups is 1. The highest BCUT2D eigenvalue weighted by atomic mass is 79.9. The Morgan fingerprint density at radius 1 is 1.44 bits per heavy atom. The van der Waals surface area contributed by atoms with Gasteiger partial charge in [-0.1, -0.05) is 28.1 Å². The molecule has 0 aromatic heterocycles. The summed E-state index contributed by atoms with van der Waals surface area (Å²) < 4.78 is 1.05. The molecule has 5 heteroatoms. The fourth-order valence-corrected chi connectivity index (χ4v) is 1.69. The van der Waals surface area contributed by atoms with Crippen molar-refractivity contribution in [3.05, 3.63) is 34.3 Å². The van der Waals surface area contributed by atoms with Crippen LogP contribution < -0.4 is 10.6 Å². The van der Waals surface area contributed by atoms with Crippen molar-refractivity contribution in [2.24, 2.45) is 0 Å². The summed E-state index contributed by atoms with van der Waals surface area (Å²) in [6.07, 6.45) is 0.951. The van der Waals surface area contributed by atoms with E-state index in [4.69, 9.17) is 0 Å². The van der Waals surface area contributed by atoms with Gasteiger partial charge in [0.25, 0.3) is 0 Å². The summed E-state index contributed by atoms with van der Waals surface area (Å²) in [7, 11) is 0. The van der Waals surface area contributed by atoms with Gasteiger partial charge in [-0.05, 0) is 30.7 Å². The van der Waals surface area contributed by atoms with Crippen LogP contribution in [-0.4, -0.2) is 18.5 Å². The minimum atomic E-state index is 0. The summed E-state index contributed by atoms with van der Waals surface area (Å²) in [6, 6.07) is 7.98. The SMILES string of the molecule is Cl.O=C(NCc1ccc(Br)cc1)[C@H]1CCN1. The maximum Gasteiger partial charge on any atom is 0.237 e. The van der Waals surface area contributed by atoms with E-state index >= 15 is 0 Å². The molecule has 1 amide bonds. The molecule has 0 spiro atoms. The Morgan fingerprint density at radius 2 is 2.06 bits per heavy atom. The molecule has 1 atom stereocenters. The zero-order valence-corrected chi connectivity index (χ0v) is 11.1. The lowest BCUT2D eigenvalue weighted by atomic mass is 10.1. The van der Waals surface area contributed by atoms with Gasteiger partial charge in [0.1, 0.15) is 0 Å². The van der Waals surface area contributed by atoms with E-state index in [0.29, 0.717) is 6.54 Å². The van der Waals surface area contributed by atoms with Gasteiger partial charge in [-0.2, -0.15) is 0 Å². The van der Waals surface area contributed by atoms with Crippen LogP contribution in [0.1, 0.15) is 12.0 Å². The maximum atomic E-state index is 11.5. The summed E-state index contributed by atoms with van der Waals surface area (Å²) in [5, 5.41) is 5.97. The zero-order chi connectivity index (χ0) is 10.7. The lowest BCUT2D eigenvalue weighted by Crippen LogP contribution is -2.52. The standard InChI is InChI=1S/C11H13BrN2O.ClH/c12-9-3-1-8(2-4-9)7-14-11(15)10-5-6-13-10;/h1-4,10,13H,5-7H2,(H,14,15);1H/t10-;/m1./s1. The maximum absolute atomic E-state index is 11.5. The number of hydrogen-bond donors (Lipinski definition) is 2. The first-order chi connectivity index (χ1) is 7.25. The monoisotopic (exact) mass is 304 g/mol. The van der Waals surface area contributed by atoms with E-state index in [9.17, 15) is 4.79 Å². The smallest absolute Gasteiger partial charge is 0.237 e. The van der Waals surface area contributed by atoms with Crippen LogP contribution in [0.2, 0.25) is 0 Å². The molecule has 1 fully saturated rings. The molecule has 0 unspecified atom stereocenters. The molecule has 0 aliphatic carbocycles. The van der Waals surface area contributed by atoms with Gasteiger partial charge in [-0.3, -0.25) is 4.79 Å². The fourth-order valence-electron chi connectivity index (χ4n) is 1.43. The van der Waals surface area contributed by atoms with Gasteiger partial charge < -0.3 is 10.6 Å². The highest BCUT2D eigenvalue weighted by Gasteiger charge is 2.23. The van der Waals surface area contributed by atoms with Crippen molar-refractivity contribution in [3.63, 3.8) is 0 Å². The van der Waals surface area contributed by atoms with Gasteiger partial charge in [0.05, 0.1) is 6.04 Å². The second kappa shape index (κ2) is 6.23. The topological polar surface area (TPSA) is 41.1 Å². The summed E-state index contributed by atoms with van der Waals surface area (Å²) in [5.41, 5.74) is 1.12. The Kier molecular flexibility index (Phi) is 5.25. The summed E-state index contributed by atoms with van der Waals surface area (Å²) in [6.45, 7) is 1.56. The molecule has 1 saturated heterocycles. The van der Waals surface area contributed by atoms with Gasteiger partial charge in [0.15, 0.2) is 0 Å². The molecule has 88 valence electrons. The van der Waals surface area contributed by atoms with E-state index in [-0.39, 0.29) is 24.4 Å². The Balaban J connectivity index is 0.00000128. The van der Waals surface area contributed by atoms with Crippen molar-refractivity contribution in [1.29, 1.82) is 0 Å². The summed E-state index contributed by atoms with van der Waals surface area (Å²) in [5.74, 6) is 0.101. The van der Waals surface area contributed by atoms with Crippen LogP contribution in [0.25, 0.3) is 0 Å². The van der Waals surface area contributed by atoms with Gasteiger partial charge in [0.2, 0.25) is 5.91 Å². The lowest BCUT2D eigenvalue weighted by molar-refractivity contribution is -0.124. The largest absolute Gasteiger partial charge is 0.351 e. The van der Waals surface area contributed by atoms with E-state index in [1.807, 2.05) is 24.3 Å². The molecule has 1 aromatic rings. The van der Waals surface area contributed by atoms with Gasteiger partial charge in [-0.25, -0.2) is 0 Å². The molecule has 3 nitrogen and oxygen atoms in total. The van der Waals surface area contributed by atoms with Crippen molar-refractivity contribution >= 4 is 34.2 Å². The molecule has 1 aromatic carbocycles. The van der Waals surface area contributed by atoms with Crippen molar-refractivity contribution in [2.75, 3.05) is 6.54 Å². The number of benzene rings is 1. The van der Waals surface area contributed by atoms with E-state index in [1.165, 1.54) is 0 Å². The minimum Gasteiger partial charge on any atom is -0.351 e. The predicted octanol–water partition coefficient (Wildman–Crippen LogP) is 1.85. The van der Waals surface area contributed by atoms with E-state index in [2.05, 4.69) is 26.6 Å². The third kappa shape index (κ3) is 3.47. The second-order valence-corrected chi connectivity index (χ2v) is 4.56. The molecule has 2 rings (SSSR count). The van der Waals surface area contributed by atoms with Gasteiger partial charge in [-0.15, -0.1) is 12.4 Å². The minimum absolute atomic E-state index is 0. The van der Waals surface area contributed by atoms with E-state index in [0.717, 1.165) is 23.0 Å². The molecule has 1 heterocycles. The fraction of sp³-hybridized carbons (Fsp3) is 0.364. The Morgan fingerprint density at radius 3 is 2.56 bits per heavy atom. The van der Waals surface area contributed by atoms with Crippen molar-refractivity contribution < 1.29 is 4.79 Å². The molecule has 0 saturated carbocycles. The molecule has 0 bridgehead atoms. The summed E-state index contributed by atoms with van der Waals surface area (Å²) in [4.78, 5) is 11.5.